The number of esters is 1. The van der Waals surface area contributed by atoms with Crippen LogP contribution in [0.5, 0.6) is 0 Å². The molecule has 1 fully saturated rings. The highest BCUT2D eigenvalue weighted by atomic mass is 16.5. The monoisotopic (exact) mass is 410 g/mol. The first-order valence-electron chi connectivity index (χ1n) is 10.9. The van der Waals surface area contributed by atoms with Gasteiger partial charge in [-0.2, -0.15) is 10.2 Å². The molecule has 2 aliphatic rings. The van der Waals surface area contributed by atoms with Gasteiger partial charge in [0.2, 0.25) is 0 Å². The van der Waals surface area contributed by atoms with Crippen molar-refractivity contribution in [3.63, 3.8) is 0 Å². The van der Waals surface area contributed by atoms with Gasteiger partial charge < -0.3 is 9.53 Å². The molecule has 5 nitrogen and oxygen atoms in total. The third-order valence-corrected chi connectivity index (χ3v) is 8.29. The van der Waals surface area contributed by atoms with E-state index in [1.54, 1.807) is 0 Å². The van der Waals surface area contributed by atoms with Crippen LogP contribution in [-0.2, 0) is 20.7 Å². The first-order valence-corrected chi connectivity index (χ1v) is 10.9. The lowest BCUT2D eigenvalue weighted by Crippen LogP contribution is -2.41. The highest BCUT2D eigenvalue weighted by Gasteiger charge is 2.69. The summed E-state index contributed by atoms with van der Waals surface area (Å²) in [5.74, 6) is -0.0680. The van der Waals surface area contributed by atoms with E-state index < -0.39 is 6.04 Å². The van der Waals surface area contributed by atoms with Crippen LogP contribution in [0.1, 0.15) is 47.1 Å². The minimum Gasteiger partial charge on any atom is -0.466 e. The molecule has 30 heavy (non-hydrogen) atoms. The summed E-state index contributed by atoms with van der Waals surface area (Å²) >= 11 is 0. The summed E-state index contributed by atoms with van der Waals surface area (Å²) in [6.45, 7) is 13.7. The minimum absolute atomic E-state index is 0.00743. The van der Waals surface area contributed by atoms with E-state index in [1.807, 2.05) is 37.3 Å². The normalized spacial score (nSPS) is 33.9. The molecule has 2 bridgehead atoms. The van der Waals surface area contributed by atoms with Crippen molar-refractivity contribution in [3.05, 3.63) is 47.0 Å². The average molecular weight is 411 g/mol. The van der Waals surface area contributed by atoms with Crippen LogP contribution in [0.3, 0.4) is 0 Å². The van der Waals surface area contributed by atoms with Gasteiger partial charge in [-0.25, -0.2) is 0 Å². The number of hydrogen-bond donors (Lipinski definition) is 0. The first kappa shape index (κ1) is 22.4. The van der Waals surface area contributed by atoms with Crippen LogP contribution in [0.4, 0.5) is 0 Å². The van der Waals surface area contributed by atoms with E-state index in [1.165, 1.54) is 11.1 Å². The summed E-state index contributed by atoms with van der Waals surface area (Å²) < 4.78 is 5.49. The zero-order valence-corrected chi connectivity index (χ0v) is 19.0. The SMILES string of the molecule is CCOC(=O)C1C(CN=N[C@H](C=O)Cc2ccccc2)C2(C)C(C)=C(C)C1(C)C2C. The van der Waals surface area contributed by atoms with Crippen molar-refractivity contribution < 1.29 is 14.3 Å². The van der Waals surface area contributed by atoms with Gasteiger partial charge in [-0.1, -0.05) is 62.2 Å². The third kappa shape index (κ3) is 3.32. The maximum atomic E-state index is 13.0. The van der Waals surface area contributed by atoms with Gasteiger partial charge in [-0.05, 0) is 37.7 Å². The van der Waals surface area contributed by atoms with Gasteiger partial charge in [-0.15, -0.1) is 0 Å². The van der Waals surface area contributed by atoms with Gasteiger partial charge in [0.15, 0.2) is 0 Å². The molecule has 0 heterocycles. The predicted molar refractivity (Wildman–Crippen MR) is 117 cm³/mol. The predicted octanol–water partition coefficient (Wildman–Crippen LogP) is 5.06. The number of carbonyl (C=O) groups excluding carboxylic acids is 2. The lowest BCUT2D eigenvalue weighted by atomic mass is 9.65. The Morgan fingerprint density at radius 2 is 1.80 bits per heavy atom. The van der Waals surface area contributed by atoms with Gasteiger partial charge in [0, 0.05) is 17.8 Å². The Labute approximate surface area is 180 Å². The van der Waals surface area contributed by atoms with E-state index >= 15 is 0 Å². The average Bonchev–Trinajstić information content (AvgIpc) is 2.99. The quantitative estimate of drug-likeness (QED) is 0.260. The molecular formula is C25H34N2O3. The second-order valence-corrected chi connectivity index (χ2v) is 9.21. The van der Waals surface area contributed by atoms with Crippen LogP contribution in [0.2, 0.25) is 0 Å². The summed E-state index contributed by atoms with van der Waals surface area (Å²) in [6.07, 6.45) is 1.38. The molecule has 0 N–H and O–H groups in total. The number of aldehydes is 1. The van der Waals surface area contributed by atoms with Gasteiger partial charge in [0.05, 0.1) is 19.1 Å². The molecule has 162 valence electrons. The van der Waals surface area contributed by atoms with E-state index in [0.29, 0.717) is 25.5 Å². The molecule has 0 spiro atoms. The van der Waals surface area contributed by atoms with Crippen molar-refractivity contribution in [2.45, 2.75) is 54.0 Å². The molecule has 5 heteroatoms. The summed E-state index contributed by atoms with van der Waals surface area (Å²) in [6, 6.07) is 9.32. The van der Waals surface area contributed by atoms with E-state index in [2.05, 4.69) is 44.8 Å². The smallest absolute Gasteiger partial charge is 0.310 e. The van der Waals surface area contributed by atoms with Crippen LogP contribution >= 0.6 is 0 Å². The Morgan fingerprint density at radius 3 is 2.40 bits per heavy atom. The number of nitrogens with zero attached hydrogens (tertiary/aromatic N) is 2. The standard InChI is InChI=1S/C25H34N2O3/c1-7-30-23(29)22-21(24(5)16(2)17(3)25(22,6)18(24)4)14-26-27-20(15-28)13-19-11-9-8-10-12-19/h8-12,15,18,20-22H,7,13-14H2,1-6H3/t18?,20-,21?,22?,24?,25?/m0/s1. The molecule has 3 rings (SSSR count). The third-order valence-electron chi connectivity index (χ3n) is 8.29. The number of fused-ring (bicyclic) bond motifs is 2. The minimum atomic E-state index is -0.508. The number of rotatable bonds is 8. The van der Waals surface area contributed by atoms with Gasteiger partial charge in [0.25, 0.3) is 0 Å². The molecule has 1 aromatic rings. The molecule has 0 aliphatic heterocycles. The Kier molecular flexibility index (Phi) is 6.30. The fourth-order valence-electron chi connectivity index (χ4n) is 6.09. The number of ether oxygens (including phenoxy) is 1. The molecular weight excluding hydrogens is 376 g/mol. The lowest BCUT2D eigenvalue weighted by molar-refractivity contribution is -0.153. The summed E-state index contributed by atoms with van der Waals surface area (Å²) in [7, 11) is 0. The van der Waals surface area contributed by atoms with E-state index in [0.717, 1.165) is 11.8 Å². The summed E-state index contributed by atoms with van der Waals surface area (Å²) in [4.78, 5) is 24.6. The zero-order valence-electron chi connectivity index (χ0n) is 19.0. The maximum absolute atomic E-state index is 13.0. The van der Waals surface area contributed by atoms with Gasteiger partial charge >= 0.3 is 5.97 Å². The fraction of sp³-hybridized carbons (Fsp3) is 0.600. The first-order chi connectivity index (χ1) is 14.2. The maximum Gasteiger partial charge on any atom is 0.310 e. The van der Waals surface area contributed by atoms with Crippen LogP contribution in [-0.4, -0.2) is 31.4 Å². The molecule has 0 radical (unpaired) electrons. The van der Waals surface area contributed by atoms with Crippen molar-refractivity contribution in [1.82, 2.24) is 0 Å². The number of azo groups is 1. The van der Waals surface area contributed by atoms with E-state index in [4.69, 9.17) is 4.74 Å². The number of benzene rings is 1. The number of carbonyl (C=O) groups is 2. The highest BCUT2D eigenvalue weighted by molar-refractivity contribution is 5.77. The molecule has 5 unspecified atom stereocenters. The highest BCUT2D eigenvalue weighted by Crippen LogP contribution is 2.72. The largest absolute Gasteiger partial charge is 0.466 e. The fourth-order valence-corrected chi connectivity index (χ4v) is 6.09. The Morgan fingerprint density at radius 1 is 1.17 bits per heavy atom. The molecule has 1 aromatic carbocycles. The summed E-state index contributed by atoms with van der Waals surface area (Å²) in [5.41, 5.74) is 3.35. The number of allylic oxidation sites excluding steroid dienone is 2. The Bertz CT molecular complexity index is 862. The van der Waals surface area contributed by atoms with Gasteiger partial charge in [-0.3, -0.25) is 4.79 Å². The van der Waals surface area contributed by atoms with Crippen LogP contribution in [0.25, 0.3) is 0 Å². The number of hydrogen-bond acceptors (Lipinski definition) is 5. The van der Waals surface area contributed by atoms with Crippen molar-refractivity contribution >= 4 is 12.3 Å². The Hall–Kier alpha value is -2.30. The van der Waals surface area contributed by atoms with E-state index in [9.17, 15) is 9.59 Å². The second-order valence-electron chi connectivity index (χ2n) is 9.21. The van der Waals surface area contributed by atoms with Crippen molar-refractivity contribution in [2.75, 3.05) is 13.2 Å². The Balaban J connectivity index is 1.85. The van der Waals surface area contributed by atoms with Crippen LogP contribution < -0.4 is 0 Å². The van der Waals surface area contributed by atoms with Crippen molar-refractivity contribution in [2.24, 2.45) is 38.8 Å². The van der Waals surface area contributed by atoms with Crippen molar-refractivity contribution in [3.8, 4) is 0 Å². The topological polar surface area (TPSA) is 68.1 Å². The molecule has 1 saturated carbocycles. The lowest BCUT2D eigenvalue weighted by Gasteiger charge is -2.39. The van der Waals surface area contributed by atoms with E-state index in [-0.39, 0.29) is 28.6 Å². The van der Waals surface area contributed by atoms with Crippen LogP contribution in [0.15, 0.2) is 51.7 Å². The molecule has 0 saturated heterocycles. The summed E-state index contributed by atoms with van der Waals surface area (Å²) in [5, 5.41) is 8.80. The molecule has 6 atom stereocenters. The molecule has 2 aliphatic carbocycles. The zero-order chi connectivity index (χ0) is 22.1. The molecule has 0 aromatic heterocycles. The van der Waals surface area contributed by atoms with Crippen molar-refractivity contribution in [1.29, 1.82) is 0 Å². The molecule has 0 amide bonds. The van der Waals surface area contributed by atoms with Gasteiger partial charge in [0.1, 0.15) is 12.3 Å². The second kappa shape index (κ2) is 8.44. The van der Waals surface area contributed by atoms with Crippen LogP contribution in [0, 0.1) is 28.6 Å².